The largest absolute Gasteiger partial charge is 0.330 e. The first-order valence-corrected chi connectivity index (χ1v) is 5.97. The van der Waals surface area contributed by atoms with Gasteiger partial charge in [0, 0.05) is 23.8 Å². The van der Waals surface area contributed by atoms with E-state index in [0.29, 0.717) is 17.3 Å². The van der Waals surface area contributed by atoms with Crippen molar-refractivity contribution in [3.05, 3.63) is 29.3 Å². The van der Waals surface area contributed by atoms with Gasteiger partial charge < -0.3 is 10.2 Å². The molecule has 0 aliphatic carbocycles. The molecule has 1 unspecified atom stereocenters. The molecule has 18 heavy (non-hydrogen) atoms. The fourth-order valence-electron chi connectivity index (χ4n) is 1.77. The highest BCUT2D eigenvalue weighted by Crippen LogP contribution is 2.18. The smallest absolute Gasteiger partial charge is 0.323 e. The number of carbonyl (C=O) groups is 2. The highest BCUT2D eigenvalue weighted by molar-refractivity contribution is 6.30. The zero-order chi connectivity index (χ0) is 13.3. The molecule has 0 bridgehead atoms. The fraction of sp³-hybridized carbons (Fsp3) is 0.333. The van der Waals surface area contributed by atoms with Crippen LogP contribution in [0.2, 0.25) is 5.02 Å². The van der Waals surface area contributed by atoms with Crippen LogP contribution < -0.4 is 5.32 Å². The second-order valence-electron chi connectivity index (χ2n) is 4.29. The summed E-state index contributed by atoms with van der Waals surface area (Å²) in [5.41, 5.74) is 0.572. The summed E-state index contributed by atoms with van der Waals surface area (Å²) in [6.07, 6.45) is 0. The molecule has 1 atom stereocenters. The van der Waals surface area contributed by atoms with Crippen molar-refractivity contribution < 1.29 is 9.59 Å². The standard InChI is InChI=1S/C12H14ClN3O2/c1-8-7-16(12(18)15(8)2)11(17)14-10-5-3-4-9(13)6-10/h3-6,8H,7H2,1-2H3,(H,14,17). The van der Waals surface area contributed by atoms with Gasteiger partial charge in [0.15, 0.2) is 0 Å². The number of rotatable bonds is 1. The lowest BCUT2D eigenvalue weighted by Gasteiger charge is -2.15. The molecule has 1 aliphatic heterocycles. The van der Waals surface area contributed by atoms with Crippen molar-refractivity contribution in [1.29, 1.82) is 0 Å². The number of imide groups is 1. The van der Waals surface area contributed by atoms with Gasteiger partial charge in [-0.1, -0.05) is 17.7 Å². The van der Waals surface area contributed by atoms with E-state index in [-0.39, 0.29) is 12.1 Å². The normalized spacial score (nSPS) is 19.3. The quantitative estimate of drug-likeness (QED) is 0.850. The summed E-state index contributed by atoms with van der Waals surface area (Å²) < 4.78 is 0. The second-order valence-corrected chi connectivity index (χ2v) is 4.73. The van der Waals surface area contributed by atoms with E-state index in [2.05, 4.69) is 5.32 Å². The van der Waals surface area contributed by atoms with E-state index in [4.69, 9.17) is 11.6 Å². The summed E-state index contributed by atoms with van der Waals surface area (Å²) in [6.45, 7) is 2.28. The maximum Gasteiger partial charge on any atom is 0.330 e. The molecule has 1 aliphatic rings. The monoisotopic (exact) mass is 267 g/mol. The molecule has 1 aromatic carbocycles. The highest BCUT2D eigenvalue weighted by atomic mass is 35.5. The summed E-state index contributed by atoms with van der Waals surface area (Å²) in [6, 6.07) is 6.11. The Morgan fingerprint density at radius 1 is 1.50 bits per heavy atom. The SMILES string of the molecule is CC1CN(C(=O)Nc2cccc(Cl)c2)C(=O)N1C. The van der Waals surface area contributed by atoms with E-state index in [1.54, 1.807) is 31.3 Å². The van der Waals surface area contributed by atoms with Gasteiger partial charge in [0.25, 0.3) is 0 Å². The number of hydrogen-bond acceptors (Lipinski definition) is 2. The molecule has 1 saturated heterocycles. The molecule has 96 valence electrons. The number of anilines is 1. The summed E-state index contributed by atoms with van der Waals surface area (Å²) in [5.74, 6) is 0. The first-order valence-electron chi connectivity index (χ1n) is 5.60. The first kappa shape index (κ1) is 12.7. The molecular weight excluding hydrogens is 254 g/mol. The Balaban J connectivity index is 2.07. The summed E-state index contributed by atoms with van der Waals surface area (Å²) in [7, 11) is 1.68. The number of halogens is 1. The molecule has 6 heteroatoms. The minimum Gasteiger partial charge on any atom is -0.323 e. The maximum absolute atomic E-state index is 12.0. The van der Waals surface area contributed by atoms with Crippen LogP contribution in [0.1, 0.15) is 6.92 Å². The average molecular weight is 268 g/mol. The molecular formula is C12H14ClN3O2. The Bertz CT molecular complexity index is 492. The van der Waals surface area contributed by atoms with Crippen LogP contribution in [-0.4, -0.2) is 41.5 Å². The number of benzene rings is 1. The maximum atomic E-state index is 12.0. The predicted molar refractivity (Wildman–Crippen MR) is 69.8 cm³/mol. The first-order chi connectivity index (χ1) is 8.49. The van der Waals surface area contributed by atoms with E-state index in [1.165, 1.54) is 9.80 Å². The van der Waals surface area contributed by atoms with Gasteiger partial charge in [0.2, 0.25) is 0 Å². The van der Waals surface area contributed by atoms with Gasteiger partial charge in [-0.15, -0.1) is 0 Å². The van der Waals surface area contributed by atoms with Crippen LogP contribution >= 0.6 is 11.6 Å². The van der Waals surface area contributed by atoms with Crippen LogP contribution in [0.15, 0.2) is 24.3 Å². The van der Waals surface area contributed by atoms with Gasteiger partial charge in [0.1, 0.15) is 0 Å². The molecule has 1 N–H and O–H groups in total. The van der Waals surface area contributed by atoms with Gasteiger partial charge in [-0.3, -0.25) is 0 Å². The number of nitrogens with one attached hydrogen (secondary N) is 1. The molecule has 1 aromatic rings. The Morgan fingerprint density at radius 2 is 2.22 bits per heavy atom. The Morgan fingerprint density at radius 3 is 2.78 bits per heavy atom. The van der Waals surface area contributed by atoms with Gasteiger partial charge in [0.05, 0.1) is 6.54 Å². The third-order valence-corrected chi connectivity index (χ3v) is 3.20. The van der Waals surface area contributed by atoms with E-state index in [1.807, 2.05) is 6.92 Å². The number of amides is 4. The zero-order valence-electron chi connectivity index (χ0n) is 10.2. The topological polar surface area (TPSA) is 52.7 Å². The molecule has 0 spiro atoms. The number of likely N-dealkylation sites (N-methyl/N-ethyl adjacent to an activating group) is 1. The Hall–Kier alpha value is -1.75. The van der Waals surface area contributed by atoms with Crippen LogP contribution in [0.5, 0.6) is 0 Å². The molecule has 1 fully saturated rings. The molecule has 0 saturated carbocycles. The molecule has 4 amide bonds. The molecule has 1 heterocycles. The van der Waals surface area contributed by atoms with E-state index in [9.17, 15) is 9.59 Å². The summed E-state index contributed by atoms with van der Waals surface area (Å²) >= 11 is 5.82. The number of carbonyl (C=O) groups excluding carboxylic acids is 2. The van der Waals surface area contributed by atoms with Gasteiger partial charge >= 0.3 is 12.1 Å². The van der Waals surface area contributed by atoms with Crippen molar-refractivity contribution in [3.8, 4) is 0 Å². The van der Waals surface area contributed by atoms with Gasteiger partial charge in [-0.25, -0.2) is 14.5 Å². The number of hydrogen-bond donors (Lipinski definition) is 1. The van der Waals surface area contributed by atoms with E-state index >= 15 is 0 Å². The fourth-order valence-corrected chi connectivity index (χ4v) is 1.96. The van der Waals surface area contributed by atoms with E-state index in [0.717, 1.165) is 0 Å². The van der Waals surface area contributed by atoms with Crippen molar-refractivity contribution in [2.24, 2.45) is 0 Å². The van der Waals surface area contributed by atoms with Crippen LogP contribution in [0.3, 0.4) is 0 Å². The van der Waals surface area contributed by atoms with Crippen molar-refractivity contribution in [3.63, 3.8) is 0 Å². The average Bonchev–Trinajstić information content (AvgIpc) is 2.57. The Kier molecular flexibility index (Phi) is 3.43. The minimum absolute atomic E-state index is 0.0302. The van der Waals surface area contributed by atoms with Crippen molar-refractivity contribution >= 4 is 29.4 Å². The van der Waals surface area contributed by atoms with Gasteiger partial charge in [-0.2, -0.15) is 0 Å². The summed E-state index contributed by atoms with van der Waals surface area (Å²) in [4.78, 5) is 26.5. The Labute approximate surface area is 110 Å². The van der Waals surface area contributed by atoms with Crippen molar-refractivity contribution in [2.45, 2.75) is 13.0 Å². The second kappa shape index (κ2) is 4.86. The lowest BCUT2D eigenvalue weighted by atomic mass is 10.3. The minimum atomic E-state index is -0.432. The lowest BCUT2D eigenvalue weighted by Crippen LogP contribution is -2.37. The van der Waals surface area contributed by atoms with Crippen LogP contribution in [0.4, 0.5) is 15.3 Å². The molecule has 2 rings (SSSR count). The summed E-state index contributed by atoms with van der Waals surface area (Å²) in [5, 5.41) is 3.18. The van der Waals surface area contributed by atoms with Gasteiger partial charge in [-0.05, 0) is 25.1 Å². The highest BCUT2D eigenvalue weighted by Gasteiger charge is 2.35. The number of nitrogens with zero attached hydrogens (tertiary/aromatic N) is 2. The van der Waals surface area contributed by atoms with Crippen LogP contribution in [0, 0.1) is 0 Å². The van der Waals surface area contributed by atoms with Crippen molar-refractivity contribution in [1.82, 2.24) is 9.80 Å². The van der Waals surface area contributed by atoms with Crippen LogP contribution in [0.25, 0.3) is 0 Å². The van der Waals surface area contributed by atoms with E-state index < -0.39 is 6.03 Å². The molecule has 0 aromatic heterocycles. The zero-order valence-corrected chi connectivity index (χ0v) is 10.9. The van der Waals surface area contributed by atoms with Crippen LogP contribution in [-0.2, 0) is 0 Å². The third kappa shape index (κ3) is 2.41. The van der Waals surface area contributed by atoms with Crippen molar-refractivity contribution in [2.75, 3.05) is 18.9 Å². The third-order valence-electron chi connectivity index (χ3n) is 2.96. The lowest BCUT2D eigenvalue weighted by molar-refractivity contribution is 0.194. The number of urea groups is 2. The molecule has 5 nitrogen and oxygen atoms in total. The predicted octanol–water partition coefficient (Wildman–Crippen LogP) is 2.63. The molecule has 0 radical (unpaired) electrons.